The third-order valence-corrected chi connectivity index (χ3v) is 6.40. The molecule has 1 atom stereocenters. The molecular formula is C25H30N4O3. The molecule has 3 aromatic rings. The van der Waals surface area contributed by atoms with E-state index in [0.717, 1.165) is 55.9 Å². The molecule has 168 valence electrons. The maximum atomic E-state index is 13.6. The summed E-state index contributed by atoms with van der Waals surface area (Å²) < 4.78 is 13.3. The van der Waals surface area contributed by atoms with Crippen LogP contribution >= 0.6 is 0 Å². The van der Waals surface area contributed by atoms with E-state index >= 15 is 0 Å². The Hall–Kier alpha value is -2.74. The number of benzene rings is 1. The van der Waals surface area contributed by atoms with Crippen molar-refractivity contribution in [2.24, 2.45) is 5.92 Å². The third kappa shape index (κ3) is 4.70. The van der Waals surface area contributed by atoms with Crippen LogP contribution in [0.15, 0.2) is 54.9 Å². The molecule has 0 N–H and O–H groups in total. The number of fused-ring (bicyclic) bond motifs is 1. The first-order chi connectivity index (χ1) is 15.8. The molecule has 0 spiro atoms. The molecule has 32 heavy (non-hydrogen) atoms. The van der Waals surface area contributed by atoms with Gasteiger partial charge in [0.15, 0.2) is 0 Å². The number of nitrogens with zero attached hydrogens (tertiary/aromatic N) is 4. The van der Waals surface area contributed by atoms with E-state index < -0.39 is 0 Å². The lowest BCUT2D eigenvalue weighted by molar-refractivity contribution is 0.0339. The van der Waals surface area contributed by atoms with Crippen LogP contribution in [0.5, 0.6) is 0 Å². The van der Waals surface area contributed by atoms with E-state index in [1.54, 1.807) is 0 Å². The molecule has 0 radical (unpaired) electrons. The second kappa shape index (κ2) is 9.81. The van der Waals surface area contributed by atoms with Gasteiger partial charge in [0.05, 0.1) is 31.9 Å². The number of carbonyl (C=O) groups excluding carboxylic acids is 1. The molecule has 1 unspecified atom stereocenters. The van der Waals surface area contributed by atoms with Gasteiger partial charge in [0, 0.05) is 56.6 Å². The van der Waals surface area contributed by atoms with E-state index in [4.69, 9.17) is 9.47 Å². The Balaban J connectivity index is 1.32. The maximum Gasteiger partial charge on any atom is 0.254 e. The number of aromatic nitrogens is 2. The predicted molar refractivity (Wildman–Crippen MR) is 122 cm³/mol. The summed E-state index contributed by atoms with van der Waals surface area (Å²) in [5, 5.41) is 4.34. The van der Waals surface area contributed by atoms with Gasteiger partial charge in [-0.25, -0.2) is 4.52 Å². The Morgan fingerprint density at radius 1 is 0.969 bits per heavy atom. The Kier molecular flexibility index (Phi) is 6.48. The van der Waals surface area contributed by atoms with E-state index in [-0.39, 0.29) is 11.8 Å². The number of amides is 1. The van der Waals surface area contributed by atoms with Crippen LogP contribution in [0.3, 0.4) is 0 Å². The van der Waals surface area contributed by atoms with Gasteiger partial charge in [-0.1, -0.05) is 24.3 Å². The molecule has 1 amide bonds. The van der Waals surface area contributed by atoms with Gasteiger partial charge in [0.2, 0.25) is 0 Å². The minimum absolute atomic E-state index is 0.104. The van der Waals surface area contributed by atoms with Crippen LogP contribution < -0.4 is 0 Å². The topological polar surface area (TPSA) is 59.3 Å². The van der Waals surface area contributed by atoms with Gasteiger partial charge < -0.3 is 14.4 Å². The summed E-state index contributed by atoms with van der Waals surface area (Å²) in [6, 6.07) is 14.2. The lowest BCUT2D eigenvalue weighted by atomic mass is 9.98. The van der Waals surface area contributed by atoms with Crippen LogP contribution in [0.4, 0.5) is 0 Å². The summed E-state index contributed by atoms with van der Waals surface area (Å²) in [6.07, 6.45) is 4.64. The van der Waals surface area contributed by atoms with Crippen molar-refractivity contribution in [2.75, 3.05) is 52.6 Å². The second-order valence-electron chi connectivity index (χ2n) is 8.64. The number of hydrogen-bond acceptors (Lipinski definition) is 5. The first-order valence-corrected chi connectivity index (χ1v) is 11.4. The van der Waals surface area contributed by atoms with Crippen molar-refractivity contribution in [3.8, 4) is 0 Å². The van der Waals surface area contributed by atoms with Gasteiger partial charge in [-0.3, -0.25) is 9.69 Å². The standard InChI is InChI=1S/C25H30N4O3/c30-25(23-6-2-1-4-22(23)18-27-10-13-31-14-11-27)28-12-15-32-19-20(17-28)16-21-5-3-9-29-24(21)7-8-26-29/h1-9,20H,10-19H2. The van der Waals surface area contributed by atoms with E-state index in [9.17, 15) is 4.79 Å². The number of ether oxygens (including phenoxy) is 2. The van der Waals surface area contributed by atoms with Gasteiger partial charge in [0.25, 0.3) is 5.91 Å². The summed E-state index contributed by atoms with van der Waals surface area (Å²) >= 11 is 0. The molecular weight excluding hydrogens is 404 g/mol. The first-order valence-electron chi connectivity index (χ1n) is 11.4. The van der Waals surface area contributed by atoms with Gasteiger partial charge in [-0.2, -0.15) is 5.10 Å². The zero-order valence-corrected chi connectivity index (χ0v) is 18.4. The van der Waals surface area contributed by atoms with E-state index in [0.29, 0.717) is 26.3 Å². The largest absolute Gasteiger partial charge is 0.379 e. The number of morpholine rings is 1. The Morgan fingerprint density at radius 2 is 1.78 bits per heavy atom. The zero-order valence-electron chi connectivity index (χ0n) is 18.4. The molecule has 4 heterocycles. The minimum atomic E-state index is 0.104. The summed E-state index contributed by atoms with van der Waals surface area (Å²) in [5.41, 5.74) is 4.24. The van der Waals surface area contributed by atoms with Crippen molar-refractivity contribution in [2.45, 2.75) is 13.0 Å². The number of pyridine rings is 1. The maximum absolute atomic E-state index is 13.6. The van der Waals surface area contributed by atoms with E-state index in [1.807, 2.05) is 52.1 Å². The lowest BCUT2D eigenvalue weighted by Gasteiger charge is -2.28. The summed E-state index contributed by atoms with van der Waals surface area (Å²) in [5.74, 6) is 0.348. The average Bonchev–Trinajstić information content (AvgIpc) is 3.20. The summed E-state index contributed by atoms with van der Waals surface area (Å²) in [6.45, 7) is 6.65. The highest BCUT2D eigenvalue weighted by molar-refractivity contribution is 5.95. The van der Waals surface area contributed by atoms with Crippen molar-refractivity contribution in [3.05, 3.63) is 71.5 Å². The van der Waals surface area contributed by atoms with Crippen molar-refractivity contribution >= 4 is 11.4 Å². The highest BCUT2D eigenvalue weighted by Crippen LogP contribution is 2.21. The Bertz CT molecular complexity index is 1060. The second-order valence-corrected chi connectivity index (χ2v) is 8.64. The van der Waals surface area contributed by atoms with Crippen molar-refractivity contribution < 1.29 is 14.3 Å². The molecule has 1 aromatic carbocycles. The molecule has 7 nitrogen and oxygen atoms in total. The predicted octanol–water partition coefficient (Wildman–Crippen LogP) is 2.50. The van der Waals surface area contributed by atoms with Crippen molar-refractivity contribution in [3.63, 3.8) is 0 Å². The molecule has 2 fully saturated rings. The lowest BCUT2D eigenvalue weighted by Crippen LogP contribution is -2.38. The van der Waals surface area contributed by atoms with Crippen molar-refractivity contribution in [1.82, 2.24) is 19.4 Å². The van der Waals surface area contributed by atoms with Crippen LogP contribution in [0.1, 0.15) is 21.5 Å². The smallest absolute Gasteiger partial charge is 0.254 e. The molecule has 7 heteroatoms. The quantitative estimate of drug-likeness (QED) is 0.618. The van der Waals surface area contributed by atoms with Crippen LogP contribution in [-0.2, 0) is 22.4 Å². The van der Waals surface area contributed by atoms with Gasteiger partial charge in [-0.05, 0) is 35.7 Å². The van der Waals surface area contributed by atoms with E-state index in [2.05, 4.69) is 22.1 Å². The summed E-state index contributed by atoms with van der Waals surface area (Å²) in [7, 11) is 0. The van der Waals surface area contributed by atoms with Crippen LogP contribution in [0, 0.1) is 5.92 Å². The fourth-order valence-corrected chi connectivity index (χ4v) is 4.72. The average molecular weight is 435 g/mol. The molecule has 2 aliphatic rings. The van der Waals surface area contributed by atoms with Gasteiger partial charge in [-0.15, -0.1) is 0 Å². The number of carbonyl (C=O) groups is 1. The van der Waals surface area contributed by atoms with Crippen LogP contribution in [0.25, 0.3) is 5.52 Å². The van der Waals surface area contributed by atoms with Crippen LogP contribution in [0.2, 0.25) is 0 Å². The first kappa shape index (κ1) is 21.1. The molecule has 0 saturated carbocycles. The molecule has 5 rings (SSSR count). The van der Waals surface area contributed by atoms with Crippen molar-refractivity contribution in [1.29, 1.82) is 0 Å². The molecule has 0 bridgehead atoms. The minimum Gasteiger partial charge on any atom is -0.379 e. The highest BCUT2D eigenvalue weighted by atomic mass is 16.5. The van der Waals surface area contributed by atoms with Gasteiger partial charge in [0.1, 0.15) is 0 Å². The molecule has 2 saturated heterocycles. The van der Waals surface area contributed by atoms with E-state index in [1.165, 1.54) is 5.56 Å². The van der Waals surface area contributed by atoms with Gasteiger partial charge >= 0.3 is 0 Å². The zero-order chi connectivity index (χ0) is 21.8. The molecule has 2 aromatic heterocycles. The number of hydrogen-bond donors (Lipinski definition) is 0. The monoisotopic (exact) mass is 434 g/mol. The SMILES string of the molecule is O=C(c1ccccc1CN1CCOCC1)N1CCOCC(Cc2cccn3nccc23)C1. The number of rotatable bonds is 5. The molecule has 2 aliphatic heterocycles. The Morgan fingerprint density at radius 3 is 2.69 bits per heavy atom. The fraction of sp³-hybridized carbons (Fsp3) is 0.440. The molecule has 0 aliphatic carbocycles. The fourth-order valence-electron chi connectivity index (χ4n) is 4.72. The van der Waals surface area contributed by atoms with Crippen LogP contribution in [-0.4, -0.2) is 77.9 Å². The Labute approximate surface area is 188 Å². The third-order valence-electron chi connectivity index (χ3n) is 6.40. The normalized spacial score (nSPS) is 20.4. The highest BCUT2D eigenvalue weighted by Gasteiger charge is 2.26. The summed E-state index contributed by atoms with van der Waals surface area (Å²) in [4.78, 5) is 17.9.